The summed E-state index contributed by atoms with van der Waals surface area (Å²) in [5.41, 5.74) is 1.46. The lowest BCUT2D eigenvalue weighted by Crippen LogP contribution is -2.25. The Hall–Kier alpha value is -2.58. The van der Waals surface area contributed by atoms with Gasteiger partial charge >= 0.3 is 0 Å². The van der Waals surface area contributed by atoms with Crippen molar-refractivity contribution in [2.45, 2.75) is 30.6 Å². The second-order valence-electron chi connectivity index (χ2n) is 5.81. The maximum Gasteiger partial charge on any atom is 0.238 e. The number of sulfonamides is 1. The van der Waals surface area contributed by atoms with Crippen molar-refractivity contribution in [3.8, 4) is 0 Å². The van der Waals surface area contributed by atoms with Crippen molar-refractivity contribution in [3.63, 3.8) is 0 Å². The quantitative estimate of drug-likeness (QED) is 0.508. The molecule has 1 amide bonds. The number of nitrogens with zero attached hydrogens (tertiary/aromatic N) is 1. The molecular formula is C18H21N3O4S. The van der Waals surface area contributed by atoms with Gasteiger partial charge < -0.3 is 5.32 Å². The summed E-state index contributed by atoms with van der Waals surface area (Å²) in [6, 6.07) is 9.69. The lowest BCUT2D eigenvalue weighted by molar-refractivity contribution is -0.121. The number of hydrogen-bond acceptors (Lipinski definition) is 5. The number of Topliss-reactive ketones (excluding diaryl/α,β-unsaturated/α-hetero) is 1. The van der Waals surface area contributed by atoms with Crippen LogP contribution in [0, 0.1) is 0 Å². The van der Waals surface area contributed by atoms with Crippen LogP contribution >= 0.6 is 0 Å². The fourth-order valence-corrected chi connectivity index (χ4v) is 2.87. The van der Waals surface area contributed by atoms with Gasteiger partial charge in [0, 0.05) is 37.3 Å². The Morgan fingerprint density at radius 2 is 1.81 bits per heavy atom. The fourth-order valence-electron chi connectivity index (χ4n) is 2.35. The summed E-state index contributed by atoms with van der Waals surface area (Å²) in [7, 11) is -3.68. The number of carbonyl (C=O) groups is 2. The molecule has 138 valence electrons. The molecule has 0 aliphatic heterocycles. The van der Waals surface area contributed by atoms with Gasteiger partial charge in [-0.15, -0.1) is 0 Å². The van der Waals surface area contributed by atoms with Crippen LogP contribution in [-0.2, 0) is 21.2 Å². The SMILES string of the molecule is NS(=O)(=O)c1ccc(CCCNC(=O)CCC(=O)c2cccnc2)cc1. The van der Waals surface area contributed by atoms with E-state index < -0.39 is 10.0 Å². The molecular weight excluding hydrogens is 354 g/mol. The van der Waals surface area contributed by atoms with E-state index in [0.717, 1.165) is 5.56 Å². The number of amides is 1. The van der Waals surface area contributed by atoms with Crippen molar-refractivity contribution in [1.82, 2.24) is 10.3 Å². The highest BCUT2D eigenvalue weighted by molar-refractivity contribution is 7.89. The molecule has 1 aromatic heterocycles. The number of benzene rings is 1. The minimum atomic E-state index is -3.68. The fraction of sp³-hybridized carbons (Fsp3) is 0.278. The zero-order valence-corrected chi connectivity index (χ0v) is 15.0. The molecule has 0 saturated heterocycles. The average molecular weight is 375 g/mol. The van der Waals surface area contributed by atoms with E-state index in [1.807, 2.05) is 0 Å². The Labute approximate surface area is 152 Å². The minimum absolute atomic E-state index is 0.0767. The van der Waals surface area contributed by atoms with Crippen LogP contribution in [0.1, 0.15) is 35.2 Å². The van der Waals surface area contributed by atoms with Gasteiger partial charge in [0.2, 0.25) is 15.9 Å². The topological polar surface area (TPSA) is 119 Å². The number of nitrogens with two attached hydrogens (primary N) is 1. The molecule has 26 heavy (non-hydrogen) atoms. The first-order valence-electron chi connectivity index (χ1n) is 8.18. The molecule has 1 heterocycles. The van der Waals surface area contributed by atoms with Crippen molar-refractivity contribution < 1.29 is 18.0 Å². The third-order valence-corrected chi connectivity index (χ3v) is 4.71. The van der Waals surface area contributed by atoms with Crippen LogP contribution in [0.3, 0.4) is 0 Å². The highest BCUT2D eigenvalue weighted by Crippen LogP contribution is 2.10. The maximum absolute atomic E-state index is 11.9. The molecule has 0 bridgehead atoms. The second kappa shape index (κ2) is 9.21. The summed E-state index contributed by atoms with van der Waals surface area (Å²) < 4.78 is 22.4. The molecule has 0 atom stereocenters. The van der Waals surface area contributed by atoms with Gasteiger partial charge in [0.25, 0.3) is 0 Å². The molecule has 0 unspecified atom stereocenters. The van der Waals surface area contributed by atoms with Crippen LogP contribution in [0.2, 0.25) is 0 Å². The average Bonchev–Trinajstić information content (AvgIpc) is 2.63. The van der Waals surface area contributed by atoms with Crippen LogP contribution in [-0.4, -0.2) is 31.6 Å². The molecule has 3 N–H and O–H groups in total. The predicted molar refractivity (Wildman–Crippen MR) is 96.9 cm³/mol. The van der Waals surface area contributed by atoms with E-state index in [1.54, 1.807) is 30.5 Å². The molecule has 2 aromatic rings. The Balaban J connectivity index is 1.66. The van der Waals surface area contributed by atoms with Crippen LogP contribution in [0.25, 0.3) is 0 Å². The Morgan fingerprint density at radius 3 is 2.42 bits per heavy atom. The van der Waals surface area contributed by atoms with Crippen LogP contribution in [0.5, 0.6) is 0 Å². The Kier molecular flexibility index (Phi) is 6.99. The zero-order valence-electron chi connectivity index (χ0n) is 14.2. The molecule has 0 saturated carbocycles. The predicted octanol–water partition coefficient (Wildman–Crippen LogP) is 1.44. The van der Waals surface area contributed by atoms with Gasteiger partial charge in [-0.2, -0.15) is 0 Å². The smallest absolute Gasteiger partial charge is 0.238 e. The van der Waals surface area contributed by atoms with Crippen LogP contribution < -0.4 is 10.5 Å². The van der Waals surface area contributed by atoms with Gasteiger partial charge in [0.15, 0.2) is 5.78 Å². The minimum Gasteiger partial charge on any atom is -0.356 e. The van der Waals surface area contributed by atoms with Gasteiger partial charge in [0.05, 0.1) is 4.90 Å². The number of rotatable bonds is 9. The monoisotopic (exact) mass is 375 g/mol. The van der Waals surface area contributed by atoms with E-state index >= 15 is 0 Å². The summed E-state index contributed by atoms with van der Waals surface area (Å²) in [6.07, 6.45) is 4.76. The van der Waals surface area contributed by atoms with Crippen molar-refractivity contribution in [3.05, 3.63) is 59.9 Å². The first-order chi connectivity index (χ1) is 12.4. The molecule has 8 heteroatoms. The van der Waals surface area contributed by atoms with E-state index in [9.17, 15) is 18.0 Å². The number of ketones is 1. The van der Waals surface area contributed by atoms with E-state index in [1.165, 1.54) is 18.3 Å². The van der Waals surface area contributed by atoms with Crippen LogP contribution in [0.15, 0.2) is 53.7 Å². The standard InChI is InChI=1S/C18H21N3O4S/c19-26(24,25)16-7-5-14(6-8-16)3-1-12-21-18(23)10-9-17(22)15-4-2-11-20-13-15/h2,4-8,11,13H,1,3,9-10,12H2,(H,21,23)(H2,19,24,25). The van der Waals surface area contributed by atoms with E-state index in [4.69, 9.17) is 5.14 Å². The van der Waals surface area contributed by atoms with E-state index in [-0.39, 0.29) is 29.4 Å². The lowest BCUT2D eigenvalue weighted by atomic mass is 10.1. The molecule has 2 rings (SSSR count). The van der Waals surface area contributed by atoms with Crippen molar-refractivity contribution >= 4 is 21.7 Å². The summed E-state index contributed by atoms with van der Waals surface area (Å²) in [5.74, 6) is -0.282. The van der Waals surface area contributed by atoms with E-state index in [0.29, 0.717) is 24.9 Å². The molecule has 0 aliphatic rings. The summed E-state index contributed by atoms with van der Waals surface area (Å²) in [6.45, 7) is 0.483. The first kappa shape index (κ1) is 19.7. The normalized spacial score (nSPS) is 11.1. The van der Waals surface area contributed by atoms with Crippen molar-refractivity contribution in [2.75, 3.05) is 6.54 Å². The second-order valence-corrected chi connectivity index (χ2v) is 7.37. The van der Waals surface area contributed by atoms with Crippen LogP contribution in [0.4, 0.5) is 0 Å². The summed E-state index contributed by atoms with van der Waals surface area (Å²) in [4.78, 5) is 27.6. The Morgan fingerprint density at radius 1 is 1.08 bits per heavy atom. The largest absolute Gasteiger partial charge is 0.356 e. The number of hydrogen-bond donors (Lipinski definition) is 2. The number of pyridine rings is 1. The molecule has 0 spiro atoms. The highest BCUT2D eigenvalue weighted by Gasteiger charge is 2.09. The van der Waals surface area contributed by atoms with Crippen molar-refractivity contribution in [2.24, 2.45) is 5.14 Å². The van der Waals surface area contributed by atoms with Gasteiger partial charge in [-0.3, -0.25) is 14.6 Å². The molecule has 7 nitrogen and oxygen atoms in total. The van der Waals surface area contributed by atoms with Crippen molar-refractivity contribution in [1.29, 1.82) is 0 Å². The Bertz CT molecular complexity index is 850. The molecule has 0 aliphatic carbocycles. The number of carbonyl (C=O) groups excluding carboxylic acids is 2. The maximum atomic E-state index is 11.9. The third-order valence-electron chi connectivity index (χ3n) is 3.78. The van der Waals surface area contributed by atoms with Gasteiger partial charge in [-0.25, -0.2) is 13.6 Å². The summed E-state index contributed by atoms with van der Waals surface area (Å²) >= 11 is 0. The number of aromatic nitrogens is 1. The number of aryl methyl sites for hydroxylation is 1. The van der Waals surface area contributed by atoms with Gasteiger partial charge in [-0.05, 0) is 42.7 Å². The third kappa shape index (κ3) is 6.38. The van der Waals surface area contributed by atoms with Gasteiger partial charge in [-0.1, -0.05) is 12.1 Å². The van der Waals surface area contributed by atoms with Gasteiger partial charge in [0.1, 0.15) is 0 Å². The molecule has 0 radical (unpaired) electrons. The lowest BCUT2D eigenvalue weighted by Gasteiger charge is -2.06. The molecule has 1 aromatic carbocycles. The number of nitrogens with one attached hydrogen (secondary N) is 1. The molecule has 0 fully saturated rings. The first-order valence-corrected chi connectivity index (χ1v) is 9.72. The summed E-state index contributed by atoms with van der Waals surface area (Å²) in [5, 5.41) is 7.82. The number of primary sulfonamides is 1. The van der Waals surface area contributed by atoms with E-state index in [2.05, 4.69) is 10.3 Å². The zero-order chi connectivity index (χ0) is 19.0. The highest BCUT2D eigenvalue weighted by atomic mass is 32.2.